The maximum Gasteiger partial charge on any atom is 0.135 e. The Bertz CT molecular complexity index is 953. The minimum Gasteiger partial charge on any atom is -0.206 e. The molecule has 0 amide bonds. The summed E-state index contributed by atoms with van der Waals surface area (Å²) in [7, 11) is 0. The second-order valence-electron chi connectivity index (χ2n) is 6.81. The molecule has 0 aromatic heterocycles. The van der Waals surface area contributed by atoms with Gasteiger partial charge in [0.1, 0.15) is 11.6 Å². The maximum atomic E-state index is 15.2. The van der Waals surface area contributed by atoms with Crippen LogP contribution < -0.4 is 0 Å². The van der Waals surface area contributed by atoms with Gasteiger partial charge in [0, 0.05) is 23.1 Å². The van der Waals surface area contributed by atoms with Crippen molar-refractivity contribution in [1.82, 2.24) is 0 Å². The van der Waals surface area contributed by atoms with E-state index in [0.717, 1.165) is 34.2 Å². The van der Waals surface area contributed by atoms with E-state index in [1.807, 2.05) is 62.4 Å². The Labute approximate surface area is 147 Å². The molecular formula is C23H20F2. The van der Waals surface area contributed by atoms with Crippen molar-refractivity contribution < 1.29 is 8.78 Å². The number of rotatable bonds is 3. The monoisotopic (exact) mass is 334 g/mol. The van der Waals surface area contributed by atoms with Crippen LogP contribution in [0.3, 0.4) is 0 Å². The second-order valence-corrected chi connectivity index (χ2v) is 6.81. The molecule has 0 unspecified atom stereocenters. The van der Waals surface area contributed by atoms with Crippen molar-refractivity contribution >= 4 is 0 Å². The normalized spacial score (nSPS) is 12.2. The van der Waals surface area contributed by atoms with E-state index in [2.05, 4.69) is 0 Å². The number of hydrogen-bond acceptors (Lipinski definition) is 0. The molecule has 0 aliphatic heterocycles. The Morgan fingerprint density at radius 1 is 0.760 bits per heavy atom. The first-order chi connectivity index (χ1) is 12.1. The first-order valence-electron chi connectivity index (χ1n) is 8.79. The van der Waals surface area contributed by atoms with E-state index in [9.17, 15) is 4.39 Å². The standard InChI is InChI=1S/C23H20F2/c1-3-4-16-9-10-18-19-12-11-17(15-7-5-14(2)6-8-15)23(25)21(19)13-20(18)22(16)24/h5-12H,3-4,13H2,1-2H3. The average Bonchev–Trinajstić information content (AvgIpc) is 2.99. The summed E-state index contributed by atoms with van der Waals surface area (Å²) in [6.07, 6.45) is 1.95. The molecule has 1 aliphatic carbocycles. The van der Waals surface area contributed by atoms with E-state index in [4.69, 9.17) is 0 Å². The highest BCUT2D eigenvalue weighted by molar-refractivity contribution is 5.81. The second kappa shape index (κ2) is 6.11. The van der Waals surface area contributed by atoms with Gasteiger partial charge in [0.25, 0.3) is 0 Å². The van der Waals surface area contributed by atoms with Crippen molar-refractivity contribution in [2.75, 3.05) is 0 Å². The quantitative estimate of drug-likeness (QED) is 0.403. The molecule has 0 N–H and O–H groups in total. The van der Waals surface area contributed by atoms with E-state index in [-0.39, 0.29) is 11.6 Å². The molecule has 0 fully saturated rings. The van der Waals surface area contributed by atoms with Crippen LogP contribution in [0.15, 0.2) is 48.5 Å². The van der Waals surface area contributed by atoms with Gasteiger partial charge in [0.05, 0.1) is 0 Å². The van der Waals surface area contributed by atoms with Crippen molar-refractivity contribution in [2.24, 2.45) is 0 Å². The summed E-state index contributed by atoms with van der Waals surface area (Å²) in [6.45, 7) is 4.05. The summed E-state index contributed by atoms with van der Waals surface area (Å²) in [4.78, 5) is 0. The van der Waals surface area contributed by atoms with Gasteiger partial charge >= 0.3 is 0 Å². The van der Waals surface area contributed by atoms with Crippen molar-refractivity contribution in [1.29, 1.82) is 0 Å². The third-order valence-corrected chi connectivity index (χ3v) is 5.09. The lowest BCUT2D eigenvalue weighted by Gasteiger charge is -2.09. The zero-order chi connectivity index (χ0) is 17.6. The number of benzene rings is 3. The van der Waals surface area contributed by atoms with Crippen LogP contribution in [0.5, 0.6) is 0 Å². The first kappa shape index (κ1) is 16.0. The molecule has 0 nitrogen and oxygen atoms in total. The van der Waals surface area contributed by atoms with Gasteiger partial charge in [-0.2, -0.15) is 0 Å². The lowest BCUT2D eigenvalue weighted by atomic mass is 9.97. The fraction of sp³-hybridized carbons (Fsp3) is 0.217. The molecule has 0 bridgehead atoms. The Morgan fingerprint density at radius 3 is 2.04 bits per heavy atom. The smallest absolute Gasteiger partial charge is 0.135 e. The van der Waals surface area contributed by atoms with Gasteiger partial charge in [0.2, 0.25) is 0 Å². The van der Waals surface area contributed by atoms with Crippen LogP contribution in [-0.2, 0) is 12.8 Å². The molecule has 0 radical (unpaired) electrons. The fourth-order valence-electron chi connectivity index (χ4n) is 3.74. The lowest BCUT2D eigenvalue weighted by molar-refractivity contribution is 0.592. The third-order valence-electron chi connectivity index (χ3n) is 5.09. The molecule has 126 valence electrons. The van der Waals surface area contributed by atoms with Crippen LogP contribution in [0.1, 0.15) is 35.6 Å². The molecular weight excluding hydrogens is 314 g/mol. The zero-order valence-corrected chi connectivity index (χ0v) is 14.5. The molecule has 2 heteroatoms. The Kier molecular flexibility index (Phi) is 3.91. The topological polar surface area (TPSA) is 0 Å². The average molecular weight is 334 g/mol. The fourth-order valence-corrected chi connectivity index (χ4v) is 3.74. The van der Waals surface area contributed by atoms with Gasteiger partial charge in [-0.05, 0) is 35.6 Å². The summed E-state index contributed by atoms with van der Waals surface area (Å²) in [5.74, 6) is -0.388. The molecule has 4 rings (SSSR count). The summed E-state index contributed by atoms with van der Waals surface area (Å²) in [5, 5.41) is 0. The minimum absolute atomic E-state index is 0.160. The minimum atomic E-state index is -0.228. The lowest BCUT2D eigenvalue weighted by Crippen LogP contribution is -1.96. The molecule has 0 heterocycles. The van der Waals surface area contributed by atoms with E-state index in [1.54, 1.807) is 0 Å². The van der Waals surface area contributed by atoms with Crippen LogP contribution in [0.2, 0.25) is 0 Å². The van der Waals surface area contributed by atoms with Gasteiger partial charge in [-0.25, -0.2) is 8.78 Å². The molecule has 0 saturated carbocycles. The predicted octanol–water partition coefficient (Wildman–Crippen LogP) is 6.46. The number of hydrogen-bond donors (Lipinski definition) is 0. The van der Waals surface area contributed by atoms with E-state index < -0.39 is 0 Å². The molecule has 0 saturated heterocycles. The Hall–Kier alpha value is -2.48. The van der Waals surface area contributed by atoms with Crippen molar-refractivity contribution in [2.45, 2.75) is 33.1 Å². The highest BCUT2D eigenvalue weighted by Crippen LogP contribution is 2.42. The summed E-state index contributed by atoms with van der Waals surface area (Å²) >= 11 is 0. The summed E-state index contributed by atoms with van der Waals surface area (Å²) in [5.41, 5.74) is 6.22. The molecule has 25 heavy (non-hydrogen) atoms. The number of halogens is 2. The van der Waals surface area contributed by atoms with Gasteiger partial charge in [-0.3, -0.25) is 0 Å². The zero-order valence-electron chi connectivity index (χ0n) is 14.5. The van der Waals surface area contributed by atoms with E-state index >= 15 is 4.39 Å². The number of aryl methyl sites for hydroxylation is 2. The van der Waals surface area contributed by atoms with E-state index in [0.29, 0.717) is 29.5 Å². The van der Waals surface area contributed by atoms with Crippen molar-refractivity contribution in [3.8, 4) is 22.3 Å². The molecule has 0 atom stereocenters. The van der Waals surface area contributed by atoms with Gasteiger partial charge < -0.3 is 0 Å². The van der Waals surface area contributed by atoms with Crippen LogP contribution in [0.25, 0.3) is 22.3 Å². The molecule has 0 spiro atoms. The highest BCUT2D eigenvalue weighted by Gasteiger charge is 2.27. The molecule has 3 aromatic carbocycles. The number of fused-ring (bicyclic) bond motifs is 3. The van der Waals surface area contributed by atoms with Crippen LogP contribution >= 0.6 is 0 Å². The maximum absolute atomic E-state index is 15.2. The van der Waals surface area contributed by atoms with Crippen LogP contribution in [0, 0.1) is 18.6 Å². The summed E-state index contributed by atoms with van der Waals surface area (Å²) in [6, 6.07) is 15.4. The van der Waals surface area contributed by atoms with E-state index in [1.165, 1.54) is 0 Å². The van der Waals surface area contributed by atoms with Crippen LogP contribution in [0.4, 0.5) is 8.78 Å². The molecule has 1 aliphatic rings. The predicted molar refractivity (Wildman–Crippen MR) is 98.8 cm³/mol. The van der Waals surface area contributed by atoms with Crippen LogP contribution in [-0.4, -0.2) is 0 Å². The van der Waals surface area contributed by atoms with Gasteiger partial charge in [-0.1, -0.05) is 67.4 Å². The SMILES string of the molecule is CCCc1ccc2c(c1F)Cc1c-2ccc(-c2ccc(C)cc2)c1F. The van der Waals surface area contributed by atoms with Crippen molar-refractivity contribution in [3.05, 3.63) is 82.4 Å². The Morgan fingerprint density at radius 2 is 1.36 bits per heavy atom. The van der Waals surface area contributed by atoms with Crippen molar-refractivity contribution in [3.63, 3.8) is 0 Å². The van der Waals surface area contributed by atoms with Gasteiger partial charge in [0.15, 0.2) is 0 Å². The largest absolute Gasteiger partial charge is 0.206 e. The Balaban J connectivity index is 1.81. The highest BCUT2D eigenvalue weighted by atomic mass is 19.1. The molecule has 3 aromatic rings. The first-order valence-corrected chi connectivity index (χ1v) is 8.79. The van der Waals surface area contributed by atoms with Gasteiger partial charge in [-0.15, -0.1) is 0 Å². The third kappa shape index (κ3) is 2.57. The summed E-state index contributed by atoms with van der Waals surface area (Å²) < 4.78 is 30.0.